The molecule has 0 atom stereocenters. The van der Waals surface area contributed by atoms with Crippen LogP contribution in [0.3, 0.4) is 0 Å². The number of fused-ring (bicyclic) bond motifs is 1. The Balaban J connectivity index is 1.30. The molecule has 2 aromatic rings. The largest absolute Gasteiger partial charge is 0.380 e. The highest BCUT2D eigenvalue weighted by molar-refractivity contribution is 7.85. The van der Waals surface area contributed by atoms with Crippen molar-refractivity contribution in [3.05, 3.63) is 59.4 Å². The molecule has 4 rings (SSSR count). The van der Waals surface area contributed by atoms with Crippen LogP contribution < -0.4 is 5.32 Å². The van der Waals surface area contributed by atoms with Gasteiger partial charge in [-0.25, -0.2) is 0 Å². The normalized spacial score (nSPS) is 21.9. The molecule has 1 saturated heterocycles. The summed E-state index contributed by atoms with van der Waals surface area (Å²) in [4.78, 5) is 18.9. The van der Waals surface area contributed by atoms with Gasteiger partial charge in [0.05, 0.1) is 24.1 Å². The molecule has 1 N–H and O–H groups in total. The van der Waals surface area contributed by atoms with Gasteiger partial charge in [-0.05, 0) is 48.9 Å². The predicted octanol–water partition coefficient (Wildman–Crippen LogP) is 2.78. The van der Waals surface area contributed by atoms with Gasteiger partial charge in [0.2, 0.25) is 5.91 Å². The fourth-order valence-corrected chi connectivity index (χ4v) is 5.47. The third-order valence-electron chi connectivity index (χ3n) is 5.76. The number of nitrogens with one attached hydrogen (secondary N) is 1. The Hall–Kier alpha value is -2.21. The van der Waals surface area contributed by atoms with Crippen LogP contribution >= 0.6 is 0 Å². The van der Waals surface area contributed by atoms with Crippen molar-refractivity contribution >= 4 is 22.4 Å². The Kier molecular flexibility index (Phi) is 5.76. The Bertz CT molecular complexity index is 833. The first-order valence-corrected chi connectivity index (χ1v) is 11.5. The van der Waals surface area contributed by atoms with Gasteiger partial charge < -0.3 is 10.2 Å². The average Bonchev–Trinajstić information content (AvgIpc) is 3.12. The first kappa shape index (κ1) is 19.1. The zero-order valence-corrected chi connectivity index (χ0v) is 17.1. The number of aromatic nitrogens is 1. The van der Waals surface area contributed by atoms with E-state index in [0.29, 0.717) is 24.1 Å². The number of amides is 1. The van der Waals surface area contributed by atoms with E-state index in [-0.39, 0.29) is 11.8 Å². The molecule has 1 aliphatic heterocycles. The molecule has 0 bridgehead atoms. The maximum Gasteiger partial charge on any atom is 0.225 e. The summed E-state index contributed by atoms with van der Waals surface area (Å²) in [5.74, 6) is 1.44. The summed E-state index contributed by atoms with van der Waals surface area (Å²) < 4.78 is 11.5. The zero-order chi connectivity index (χ0) is 19.5. The van der Waals surface area contributed by atoms with E-state index in [1.165, 1.54) is 11.1 Å². The van der Waals surface area contributed by atoms with E-state index in [1.807, 2.05) is 25.4 Å². The quantitative estimate of drug-likeness (QED) is 0.843. The summed E-state index contributed by atoms with van der Waals surface area (Å²) in [6, 6.07) is 13.1. The molecule has 0 unspecified atom stereocenters. The lowest BCUT2D eigenvalue weighted by molar-refractivity contribution is -0.135. The second-order valence-corrected chi connectivity index (χ2v) is 9.57. The fourth-order valence-electron chi connectivity index (χ4n) is 4.17. The van der Waals surface area contributed by atoms with E-state index in [4.69, 9.17) is 0 Å². The summed E-state index contributed by atoms with van der Waals surface area (Å²) in [5, 5.41) is 3.58. The van der Waals surface area contributed by atoms with Crippen molar-refractivity contribution in [2.45, 2.75) is 38.3 Å². The zero-order valence-electron chi connectivity index (χ0n) is 16.3. The van der Waals surface area contributed by atoms with Crippen LogP contribution in [0.1, 0.15) is 29.7 Å². The number of hydrogen-bond donors (Lipinski definition) is 1. The van der Waals surface area contributed by atoms with E-state index in [2.05, 4.69) is 34.6 Å². The molecule has 1 amide bonds. The SMILES string of the molecule is CN(Cc1ccc(NC2Cc3ccccc3C2)cn1)C(=O)C1CCS(=O)CC1. The smallest absolute Gasteiger partial charge is 0.225 e. The third-order valence-corrected chi connectivity index (χ3v) is 7.14. The highest BCUT2D eigenvalue weighted by atomic mass is 32.2. The average molecular weight is 398 g/mol. The van der Waals surface area contributed by atoms with Gasteiger partial charge in [0.15, 0.2) is 0 Å². The molecule has 1 aliphatic carbocycles. The van der Waals surface area contributed by atoms with Crippen LogP contribution in [0.4, 0.5) is 5.69 Å². The number of hydrogen-bond acceptors (Lipinski definition) is 4. The minimum Gasteiger partial charge on any atom is -0.380 e. The number of nitrogens with zero attached hydrogens (tertiary/aromatic N) is 2. The molecule has 0 radical (unpaired) electrons. The van der Waals surface area contributed by atoms with Crippen LogP contribution in [0, 0.1) is 5.92 Å². The first-order chi connectivity index (χ1) is 13.6. The molecule has 2 heterocycles. The molecule has 5 nitrogen and oxygen atoms in total. The van der Waals surface area contributed by atoms with Gasteiger partial charge in [0, 0.05) is 41.3 Å². The first-order valence-electron chi connectivity index (χ1n) is 9.96. The fraction of sp³-hybridized carbons (Fsp3) is 0.455. The number of anilines is 1. The van der Waals surface area contributed by atoms with Gasteiger partial charge in [-0.2, -0.15) is 0 Å². The van der Waals surface area contributed by atoms with Crippen molar-refractivity contribution in [2.24, 2.45) is 5.92 Å². The minimum atomic E-state index is -0.737. The van der Waals surface area contributed by atoms with Crippen molar-refractivity contribution < 1.29 is 9.00 Å². The summed E-state index contributed by atoms with van der Waals surface area (Å²) >= 11 is 0. The lowest BCUT2D eigenvalue weighted by atomic mass is 10.0. The molecule has 1 aromatic carbocycles. The lowest BCUT2D eigenvalue weighted by Gasteiger charge is -2.26. The Labute approximate surface area is 169 Å². The summed E-state index contributed by atoms with van der Waals surface area (Å²) in [6.45, 7) is 0.508. The molecule has 148 valence electrons. The lowest BCUT2D eigenvalue weighted by Crippen LogP contribution is -2.36. The van der Waals surface area contributed by atoms with Gasteiger partial charge in [-0.3, -0.25) is 14.0 Å². The van der Waals surface area contributed by atoms with E-state index < -0.39 is 10.8 Å². The highest BCUT2D eigenvalue weighted by Gasteiger charge is 2.27. The summed E-state index contributed by atoms with van der Waals surface area (Å²) in [6.07, 6.45) is 5.41. The Morgan fingerprint density at radius 1 is 1.14 bits per heavy atom. The van der Waals surface area contributed by atoms with Gasteiger partial charge >= 0.3 is 0 Å². The van der Waals surface area contributed by atoms with Crippen molar-refractivity contribution in [3.63, 3.8) is 0 Å². The molecule has 0 saturated carbocycles. The Morgan fingerprint density at radius 3 is 2.43 bits per heavy atom. The number of rotatable bonds is 5. The van der Waals surface area contributed by atoms with E-state index in [1.54, 1.807) is 4.90 Å². The standard InChI is InChI=1S/C22H27N3O2S/c1-25(22(26)16-8-10-28(27)11-9-16)15-20-7-6-19(14-23-20)24-21-12-17-4-2-3-5-18(17)13-21/h2-7,14,16,21,24H,8-13,15H2,1H3. The monoisotopic (exact) mass is 397 g/mol. The number of benzene rings is 1. The van der Waals surface area contributed by atoms with Crippen LogP contribution in [-0.4, -0.2) is 44.6 Å². The van der Waals surface area contributed by atoms with Crippen LogP contribution in [0.2, 0.25) is 0 Å². The third kappa shape index (κ3) is 4.43. The van der Waals surface area contributed by atoms with Crippen LogP contribution in [-0.2, 0) is 35.0 Å². The van der Waals surface area contributed by atoms with E-state index in [0.717, 1.165) is 37.1 Å². The van der Waals surface area contributed by atoms with Gasteiger partial charge in [-0.1, -0.05) is 24.3 Å². The Morgan fingerprint density at radius 2 is 1.82 bits per heavy atom. The number of carbonyl (C=O) groups is 1. The predicted molar refractivity (Wildman–Crippen MR) is 113 cm³/mol. The summed E-state index contributed by atoms with van der Waals surface area (Å²) in [7, 11) is 1.09. The second-order valence-electron chi connectivity index (χ2n) is 7.87. The highest BCUT2D eigenvalue weighted by Crippen LogP contribution is 2.24. The van der Waals surface area contributed by atoms with Crippen molar-refractivity contribution in [1.82, 2.24) is 9.88 Å². The molecular weight excluding hydrogens is 370 g/mol. The van der Waals surface area contributed by atoms with Gasteiger partial charge in [0.25, 0.3) is 0 Å². The second kappa shape index (κ2) is 8.43. The van der Waals surface area contributed by atoms with Crippen molar-refractivity contribution in [1.29, 1.82) is 0 Å². The molecule has 28 heavy (non-hydrogen) atoms. The molecule has 2 aliphatic rings. The van der Waals surface area contributed by atoms with Gasteiger partial charge in [-0.15, -0.1) is 0 Å². The maximum atomic E-state index is 12.6. The number of carbonyl (C=O) groups excluding carboxylic acids is 1. The van der Waals surface area contributed by atoms with Crippen LogP contribution in [0.15, 0.2) is 42.6 Å². The minimum absolute atomic E-state index is 0.00707. The molecule has 6 heteroatoms. The summed E-state index contributed by atoms with van der Waals surface area (Å²) in [5.41, 5.74) is 4.76. The van der Waals surface area contributed by atoms with Gasteiger partial charge in [0.1, 0.15) is 0 Å². The van der Waals surface area contributed by atoms with Crippen molar-refractivity contribution in [2.75, 3.05) is 23.9 Å². The van der Waals surface area contributed by atoms with E-state index >= 15 is 0 Å². The molecular formula is C22H27N3O2S. The van der Waals surface area contributed by atoms with Crippen molar-refractivity contribution in [3.8, 4) is 0 Å². The topological polar surface area (TPSA) is 62.3 Å². The van der Waals surface area contributed by atoms with E-state index in [9.17, 15) is 9.00 Å². The number of pyridine rings is 1. The molecule has 1 aromatic heterocycles. The van der Waals surface area contributed by atoms with Crippen LogP contribution in [0.5, 0.6) is 0 Å². The maximum absolute atomic E-state index is 12.6. The van der Waals surface area contributed by atoms with Crippen LogP contribution in [0.25, 0.3) is 0 Å². The molecule has 1 fully saturated rings. The molecule has 0 spiro atoms.